The second-order valence-corrected chi connectivity index (χ2v) is 7.91. The molecule has 2 aromatic carbocycles. The topological polar surface area (TPSA) is 136 Å². The van der Waals surface area contributed by atoms with E-state index in [1.807, 2.05) is 26.0 Å². The van der Waals surface area contributed by atoms with Gasteiger partial charge in [0.25, 0.3) is 0 Å². The molecule has 0 aliphatic heterocycles. The molecule has 7 nitrogen and oxygen atoms in total. The normalized spacial score (nSPS) is 10.2. The Labute approximate surface area is 224 Å². The minimum atomic E-state index is -0.0471. The first kappa shape index (κ1) is 34.6. The molecule has 34 heavy (non-hydrogen) atoms. The highest BCUT2D eigenvalue weighted by Crippen LogP contribution is 2.32. The molecule has 0 bridgehead atoms. The van der Waals surface area contributed by atoms with E-state index >= 15 is 0 Å². The molecular formula is C25H42Br2N2O5. The summed E-state index contributed by atoms with van der Waals surface area (Å²) in [5, 5.41) is 46.1. The van der Waals surface area contributed by atoms with Crippen LogP contribution in [0.25, 0.3) is 0 Å². The fraction of sp³-hybridized carbons (Fsp3) is 0.520. The molecule has 0 aliphatic rings. The molecule has 0 amide bonds. The van der Waals surface area contributed by atoms with E-state index in [1.54, 1.807) is 12.1 Å². The lowest BCUT2D eigenvalue weighted by molar-refractivity contribution is 0.399. The van der Waals surface area contributed by atoms with Crippen LogP contribution < -0.4 is 10.6 Å². The fourth-order valence-corrected chi connectivity index (χ4v) is 3.96. The van der Waals surface area contributed by atoms with Gasteiger partial charge < -0.3 is 36.5 Å². The van der Waals surface area contributed by atoms with Gasteiger partial charge in [0.2, 0.25) is 0 Å². The molecule has 0 spiro atoms. The van der Waals surface area contributed by atoms with Crippen LogP contribution >= 0.6 is 34.0 Å². The summed E-state index contributed by atoms with van der Waals surface area (Å²) in [4.78, 5) is 0. The first-order valence-electron chi connectivity index (χ1n) is 11.5. The molecule has 0 fully saturated rings. The molecule has 0 aromatic heterocycles. The van der Waals surface area contributed by atoms with Crippen LogP contribution in [0, 0.1) is 0 Å². The van der Waals surface area contributed by atoms with Crippen molar-refractivity contribution >= 4 is 34.0 Å². The summed E-state index contributed by atoms with van der Waals surface area (Å²) in [7, 11) is 0. The minimum Gasteiger partial charge on any atom is -0.504 e. The number of halogens is 2. The Hall–Kier alpha value is -1.52. The first-order chi connectivity index (χ1) is 15.0. The molecule has 196 valence electrons. The summed E-state index contributed by atoms with van der Waals surface area (Å²) in [5.74, 6) is -0.0652. The van der Waals surface area contributed by atoms with Crippen molar-refractivity contribution < 1.29 is 25.9 Å². The van der Waals surface area contributed by atoms with Gasteiger partial charge in [0.15, 0.2) is 23.0 Å². The van der Waals surface area contributed by atoms with Crippen molar-refractivity contribution in [2.24, 2.45) is 0 Å². The zero-order valence-corrected chi connectivity index (χ0v) is 23.6. The summed E-state index contributed by atoms with van der Waals surface area (Å²) >= 11 is 0. The zero-order valence-electron chi connectivity index (χ0n) is 20.2. The highest BCUT2D eigenvalue weighted by Gasteiger charge is 2.11. The Kier molecular flexibility index (Phi) is 19.1. The first-order valence-corrected chi connectivity index (χ1v) is 11.5. The lowest BCUT2D eigenvalue weighted by atomic mass is 10.0. The number of benzene rings is 2. The number of hydrogen-bond acceptors (Lipinski definition) is 6. The third-order valence-electron chi connectivity index (χ3n) is 5.77. The van der Waals surface area contributed by atoms with Crippen LogP contribution in [0.2, 0.25) is 0 Å². The summed E-state index contributed by atoms with van der Waals surface area (Å²) in [6.07, 6.45) is 6.48. The number of aromatic hydroxyl groups is 4. The maximum atomic E-state index is 9.96. The summed E-state index contributed by atoms with van der Waals surface area (Å²) < 4.78 is 0. The second-order valence-electron chi connectivity index (χ2n) is 7.91. The molecule has 0 unspecified atom stereocenters. The van der Waals surface area contributed by atoms with Crippen LogP contribution in [0.5, 0.6) is 23.0 Å². The van der Waals surface area contributed by atoms with Crippen molar-refractivity contribution in [2.75, 3.05) is 26.2 Å². The van der Waals surface area contributed by atoms with Crippen LogP contribution in [0.15, 0.2) is 24.3 Å². The van der Waals surface area contributed by atoms with Crippen molar-refractivity contribution in [3.8, 4) is 23.0 Å². The van der Waals surface area contributed by atoms with Crippen LogP contribution in [0.4, 0.5) is 0 Å². The molecular weight excluding hydrogens is 568 g/mol. The molecule has 9 heteroatoms. The Balaban J connectivity index is 0. The molecule has 0 saturated heterocycles. The van der Waals surface area contributed by atoms with Gasteiger partial charge in [-0.15, -0.1) is 34.0 Å². The van der Waals surface area contributed by atoms with Gasteiger partial charge in [0.05, 0.1) is 0 Å². The Morgan fingerprint density at radius 1 is 0.588 bits per heavy atom. The van der Waals surface area contributed by atoms with E-state index in [1.165, 1.54) is 0 Å². The quantitative estimate of drug-likeness (QED) is 0.141. The number of hydrogen-bond donors (Lipinski definition) is 6. The third kappa shape index (κ3) is 10.4. The lowest BCUT2D eigenvalue weighted by Gasteiger charge is -2.12. The van der Waals surface area contributed by atoms with Crippen molar-refractivity contribution in [3.05, 3.63) is 46.5 Å². The van der Waals surface area contributed by atoms with Gasteiger partial charge in [0.1, 0.15) is 0 Å². The monoisotopic (exact) mass is 608 g/mol. The van der Waals surface area contributed by atoms with Gasteiger partial charge >= 0.3 is 0 Å². The molecule has 0 saturated carbocycles. The van der Waals surface area contributed by atoms with E-state index < -0.39 is 0 Å². The van der Waals surface area contributed by atoms with E-state index in [-0.39, 0.29) is 62.4 Å². The summed E-state index contributed by atoms with van der Waals surface area (Å²) in [5.41, 5.74) is 3.84. The SMILES string of the molecule is Br.Br.CCc1c(CCNCCCCCNCCc2ccc(O)c(O)c2CC)ccc(O)c1O.O. The molecule has 2 aromatic rings. The van der Waals surface area contributed by atoms with Gasteiger partial charge in [-0.2, -0.15) is 0 Å². The Bertz CT molecular complexity index is 770. The number of unbranched alkanes of at least 4 members (excludes halogenated alkanes) is 2. The maximum Gasteiger partial charge on any atom is 0.160 e. The van der Waals surface area contributed by atoms with Crippen LogP contribution in [-0.4, -0.2) is 52.1 Å². The van der Waals surface area contributed by atoms with Crippen LogP contribution in [-0.2, 0) is 25.7 Å². The molecule has 2 rings (SSSR count). The molecule has 0 radical (unpaired) electrons. The van der Waals surface area contributed by atoms with Crippen molar-refractivity contribution in [3.63, 3.8) is 0 Å². The van der Waals surface area contributed by atoms with Gasteiger partial charge in [-0.25, -0.2) is 0 Å². The maximum absolute atomic E-state index is 9.96. The number of phenolic OH excluding ortho intramolecular Hbond substituents is 4. The lowest BCUT2D eigenvalue weighted by Crippen LogP contribution is -2.21. The van der Waals surface area contributed by atoms with E-state index in [0.29, 0.717) is 12.8 Å². The number of nitrogens with one attached hydrogen (secondary N) is 2. The smallest absolute Gasteiger partial charge is 0.160 e. The molecule has 8 N–H and O–H groups in total. The standard InChI is InChI=1S/C25H38N2O4.2BrH.H2O/c1-3-20-18(8-10-22(28)24(20)30)12-16-26-14-6-5-7-15-27-17-13-19-9-11-23(29)25(31)21(19)4-2;;;/h8-11,26-31H,3-7,12-17H2,1-2H3;2*1H;1H2. The van der Waals surface area contributed by atoms with Gasteiger partial charge in [-0.3, -0.25) is 0 Å². The van der Waals surface area contributed by atoms with E-state index in [2.05, 4.69) is 10.6 Å². The highest BCUT2D eigenvalue weighted by molar-refractivity contribution is 8.93. The summed E-state index contributed by atoms with van der Waals surface area (Å²) in [6.45, 7) is 7.62. The predicted octanol–water partition coefficient (Wildman–Crippen LogP) is 4.10. The number of rotatable bonds is 14. The van der Waals surface area contributed by atoms with E-state index in [0.717, 1.165) is 80.5 Å². The molecule has 0 atom stereocenters. The van der Waals surface area contributed by atoms with Crippen molar-refractivity contribution in [2.45, 2.75) is 58.8 Å². The minimum absolute atomic E-state index is 0. The average Bonchev–Trinajstić information content (AvgIpc) is 2.77. The third-order valence-corrected chi connectivity index (χ3v) is 5.77. The second kappa shape index (κ2) is 18.8. The van der Waals surface area contributed by atoms with Crippen LogP contribution in [0.3, 0.4) is 0 Å². The highest BCUT2D eigenvalue weighted by atomic mass is 79.9. The van der Waals surface area contributed by atoms with Crippen molar-refractivity contribution in [1.29, 1.82) is 0 Å². The Morgan fingerprint density at radius 3 is 1.32 bits per heavy atom. The fourth-order valence-electron chi connectivity index (χ4n) is 3.96. The van der Waals surface area contributed by atoms with Gasteiger partial charge in [-0.1, -0.05) is 32.4 Å². The van der Waals surface area contributed by atoms with E-state index in [4.69, 9.17) is 0 Å². The zero-order chi connectivity index (χ0) is 22.6. The van der Waals surface area contributed by atoms with Crippen LogP contribution in [0.1, 0.15) is 55.4 Å². The average molecular weight is 610 g/mol. The van der Waals surface area contributed by atoms with Gasteiger partial charge in [0, 0.05) is 11.1 Å². The summed E-state index contributed by atoms with van der Waals surface area (Å²) in [6, 6.07) is 6.91. The predicted molar refractivity (Wildman–Crippen MR) is 150 cm³/mol. The van der Waals surface area contributed by atoms with E-state index in [9.17, 15) is 20.4 Å². The Morgan fingerprint density at radius 2 is 0.971 bits per heavy atom. The molecule has 0 heterocycles. The molecule has 0 aliphatic carbocycles. The van der Waals surface area contributed by atoms with Crippen molar-refractivity contribution in [1.82, 2.24) is 10.6 Å². The number of phenols is 4. The largest absolute Gasteiger partial charge is 0.504 e. The van der Waals surface area contributed by atoms with Gasteiger partial charge in [-0.05, 0) is 88.0 Å².